The van der Waals surface area contributed by atoms with Crippen LogP contribution in [0.3, 0.4) is 0 Å². The zero-order valence-electron chi connectivity index (χ0n) is 9.87. The van der Waals surface area contributed by atoms with E-state index in [9.17, 15) is 0 Å². The Labute approximate surface area is 100 Å². The maximum Gasteiger partial charge on any atom is 0.224 e. The molecule has 3 nitrogen and oxygen atoms in total. The van der Waals surface area contributed by atoms with Gasteiger partial charge >= 0.3 is 0 Å². The van der Waals surface area contributed by atoms with Crippen LogP contribution in [0.1, 0.15) is 11.1 Å². The Kier molecular flexibility index (Phi) is 2.72. The van der Waals surface area contributed by atoms with E-state index in [2.05, 4.69) is 29.9 Å². The monoisotopic (exact) mass is 235 g/mol. The van der Waals surface area contributed by atoms with E-state index in [1.807, 2.05) is 25.1 Å². The van der Waals surface area contributed by atoms with Crippen molar-refractivity contribution in [2.45, 2.75) is 13.8 Å². The number of aromatic nitrogens is 2. The van der Waals surface area contributed by atoms with Gasteiger partial charge in [0.1, 0.15) is 5.82 Å². The Balaban J connectivity index is 2.90. The molecule has 0 radical (unpaired) electrons. The molecule has 2 rings (SSSR count). The molecule has 0 N–H and O–H groups in total. The molecule has 1 aromatic heterocycles. The molecule has 4 heteroatoms. The van der Waals surface area contributed by atoms with E-state index < -0.39 is 0 Å². The molecule has 2 aromatic rings. The molecule has 0 aliphatic carbocycles. The van der Waals surface area contributed by atoms with Gasteiger partial charge in [-0.2, -0.15) is 4.98 Å². The predicted molar refractivity (Wildman–Crippen MR) is 68.3 cm³/mol. The van der Waals surface area contributed by atoms with Crippen LogP contribution in [0.4, 0.5) is 5.82 Å². The summed E-state index contributed by atoms with van der Waals surface area (Å²) in [6, 6.07) is 4.16. The molecule has 1 aromatic carbocycles. The highest BCUT2D eigenvalue weighted by atomic mass is 35.5. The average molecular weight is 236 g/mol. The summed E-state index contributed by atoms with van der Waals surface area (Å²) in [6.07, 6.45) is 0. The standard InChI is InChI=1S/C12H14ClN3/c1-7-5-8(2)10-9(6-7)14-12(13)15-11(10)16(3)4/h5-6H,1-4H3. The Morgan fingerprint density at radius 1 is 1.12 bits per heavy atom. The van der Waals surface area contributed by atoms with Gasteiger partial charge in [0, 0.05) is 19.5 Å². The number of fused-ring (bicyclic) bond motifs is 1. The highest BCUT2D eigenvalue weighted by Crippen LogP contribution is 2.28. The summed E-state index contributed by atoms with van der Waals surface area (Å²) in [5.41, 5.74) is 3.26. The van der Waals surface area contributed by atoms with Gasteiger partial charge in [-0.1, -0.05) is 6.07 Å². The van der Waals surface area contributed by atoms with Crippen LogP contribution in [0.5, 0.6) is 0 Å². The van der Waals surface area contributed by atoms with Crippen LogP contribution in [-0.4, -0.2) is 24.1 Å². The third-order valence-electron chi connectivity index (χ3n) is 2.52. The number of benzene rings is 1. The van der Waals surface area contributed by atoms with Gasteiger partial charge in [-0.3, -0.25) is 0 Å². The van der Waals surface area contributed by atoms with Gasteiger partial charge in [-0.05, 0) is 42.6 Å². The third kappa shape index (κ3) is 1.83. The third-order valence-corrected chi connectivity index (χ3v) is 2.69. The zero-order chi connectivity index (χ0) is 11.9. The molecule has 0 saturated carbocycles. The van der Waals surface area contributed by atoms with Crippen molar-refractivity contribution in [3.8, 4) is 0 Å². The molecule has 0 bridgehead atoms. The van der Waals surface area contributed by atoms with Crippen LogP contribution in [-0.2, 0) is 0 Å². The first-order chi connectivity index (χ1) is 7.49. The highest BCUT2D eigenvalue weighted by molar-refractivity contribution is 6.28. The summed E-state index contributed by atoms with van der Waals surface area (Å²) in [5, 5.41) is 1.36. The average Bonchev–Trinajstić information content (AvgIpc) is 2.14. The second-order valence-corrected chi connectivity index (χ2v) is 4.52. The Morgan fingerprint density at radius 2 is 1.81 bits per heavy atom. The Morgan fingerprint density at radius 3 is 2.44 bits per heavy atom. The first-order valence-electron chi connectivity index (χ1n) is 5.11. The smallest absolute Gasteiger partial charge is 0.224 e. The number of aryl methyl sites for hydroxylation is 2. The first-order valence-corrected chi connectivity index (χ1v) is 5.48. The summed E-state index contributed by atoms with van der Waals surface area (Å²) in [7, 11) is 3.91. The van der Waals surface area contributed by atoms with Crippen LogP contribution >= 0.6 is 11.6 Å². The second kappa shape index (κ2) is 3.91. The molecule has 0 aliphatic rings. The predicted octanol–water partition coefficient (Wildman–Crippen LogP) is 2.97. The Bertz CT molecular complexity index is 544. The summed E-state index contributed by atoms with van der Waals surface area (Å²) in [4.78, 5) is 10.5. The van der Waals surface area contributed by atoms with E-state index >= 15 is 0 Å². The largest absolute Gasteiger partial charge is 0.362 e. The van der Waals surface area contributed by atoms with Gasteiger partial charge in [0.05, 0.1) is 5.52 Å². The highest BCUT2D eigenvalue weighted by Gasteiger charge is 2.11. The lowest BCUT2D eigenvalue weighted by molar-refractivity contribution is 1.06. The van der Waals surface area contributed by atoms with Gasteiger partial charge < -0.3 is 4.90 Å². The first kappa shape index (κ1) is 11.1. The number of hydrogen-bond donors (Lipinski definition) is 0. The maximum atomic E-state index is 5.92. The number of rotatable bonds is 1. The molecular formula is C12H14ClN3. The lowest BCUT2D eigenvalue weighted by atomic mass is 10.1. The fourth-order valence-corrected chi connectivity index (χ4v) is 2.09. The summed E-state index contributed by atoms with van der Waals surface area (Å²) >= 11 is 5.92. The Hall–Kier alpha value is -1.35. The summed E-state index contributed by atoms with van der Waals surface area (Å²) < 4.78 is 0. The van der Waals surface area contributed by atoms with Crippen molar-refractivity contribution in [1.29, 1.82) is 0 Å². The molecular weight excluding hydrogens is 222 g/mol. The van der Waals surface area contributed by atoms with Crippen molar-refractivity contribution in [3.63, 3.8) is 0 Å². The second-order valence-electron chi connectivity index (χ2n) is 4.19. The SMILES string of the molecule is Cc1cc(C)c2c(N(C)C)nc(Cl)nc2c1. The van der Waals surface area contributed by atoms with Gasteiger partial charge in [0.15, 0.2) is 0 Å². The fraction of sp³-hybridized carbons (Fsp3) is 0.333. The van der Waals surface area contributed by atoms with Gasteiger partial charge in [0.25, 0.3) is 0 Å². The van der Waals surface area contributed by atoms with Crippen LogP contribution in [0.15, 0.2) is 12.1 Å². The maximum absolute atomic E-state index is 5.92. The minimum absolute atomic E-state index is 0.293. The molecule has 0 atom stereocenters. The van der Waals surface area contributed by atoms with Crippen LogP contribution in [0, 0.1) is 13.8 Å². The van der Waals surface area contributed by atoms with Crippen molar-refractivity contribution in [3.05, 3.63) is 28.5 Å². The van der Waals surface area contributed by atoms with Crippen molar-refractivity contribution in [1.82, 2.24) is 9.97 Å². The van der Waals surface area contributed by atoms with Crippen LogP contribution in [0.25, 0.3) is 10.9 Å². The molecule has 0 amide bonds. The van der Waals surface area contributed by atoms with Crippen LogP contribution in [0.2, 0.25) is 5.28 Å². The zero-order valence-corrected chi connectivity index (χ0v) is 10.6. The van der Waals surface area contributed by atoms with Gasteiger partial charge in [-0.25, -0.2) is 4.98 Å². The number of nitrogens with zero attached hydrogens (tertiary/aromatic N) is 3. The quantitative estimate of drug-likeness (QED) is 0.712. The molecule has 0 spiro atoms. The van der Waals surface area contributed by atoms with Gasteiger partial charge in [-0.15, -0.1) is 0 Å². The van der Waals surface area contributed by atoms with Crippen molar-refractivity contribution >= 4 is 28.3 Å². The summed E-state index contributed by atoms with van der Waals surface area (Å²) in [5.74, 6) is 0.868. The van der Waals surface area contributed by atoms with Crippen LogP contribution < -0.4 is 4.90 Å². The molecule has 0 saturated heterocycles. The van der Waals surface area contributed by atoms with Crippen molar-refractivity contribution in [2.75, 3.05) is 19.0 Å². The van der Waals surface area contributed by atoms with E-state index in [1.54, 1.807) is 0 Å². The molecule has 84 valence electrons. The molecule has 16 heavy (non-hydrogen) atoms. The minimum Gasteiger partial charge on any atom is -0.362 e. The number of hydrogen-bond acceptors (Lipinski definition) is 3. The molecule has 0 aliphatic heterocycles. The van der Waals surface area contributed by atoms with Crippen molar-refractivity contribution in [2.24, 2.45) is 0 Å². The molecule has 0 fully saturated rings. The fourth-order valence-electron chi connectivity index (χ4n) is 1.92. The minimum atomic E-state index is 0.293. The molecule has 1 heterocycles. The lowest BCUT2D eigenvalue weighted by Crippen LogP contribution is -2.12. The summed E-state index contributed by atoms with van der Waals surface area (Å²) in [6.45, 7) is 4.12. The normalized spacial score (nSPS) is 10.8. The van der Waals surface area contributed by atoms with Crippen molar-refractivity contribution < 1.29 is 0 Å². The van der Waals surface area contributed by atoms with E-state index in [0.717, 1.165) is 16.7 Å². The van der Waals surface area contributed by atoms with E-state index in [4.69, 9.17) is 11.6 Å². The van der Waals surface area contributed by atoms with E-state index in [-0.39, 0.29) is 0 Å². The molecule has 0 unspecified atom stereocenters. The topological polar surface area (TPSA) is 29.0 Å². The van der Waals surface area contributed by atoms with Gasteiger partial charge in [0.2, 0.25) is 5.28 Å². The van der Waals surface area contributed by atoms with E-state index in [0.29, 0.717) is 5.28 Å². The van der Waals surface area contributed by atoms with E-state index in [1.165, 1.54) is 11.1 Å². The number of anilines is 1. The number of halogens is 1. The lowest BCUT2D eigenvalue weighted by Gasteiger charge is -2.16.